The van der Waals surface area contributed by atoms with Gasteiger partial charge in [-0.15, -0.1) is 0 Å². The molecule has 2 N–H and O–H groups in total. The van der Waals surface area contributed by atoms with E-state index >= 15 is 0 Å². The second-order valence-electron chi connectivity index (χ2n) is 3.98. The Morgan fingerprint density at radius 2 is 2.18 bits per heavy atom. The predicted molar refractivity (Wildman–Crippen MR) is 64.9 cm³/mol. The van der Waals surface area contributed by atoms with Crippen LogP contribution in [0, 0.1) is 10.6 Å². The highest BCUT2D eigenvalue weighted by atomic mass is 32.1. The third-order valence-electron chi connectivity index (χ3n) is 2.42. The number of aromatic nitrogens is 3. The number of hydrogen-bond acceptors (Lipinski definition) is 3. The third-order valence-corrected chi connectivity index (χ3v) is 2.71. The lowest BCUT2D eigenvalue weighted by atomic mass is 10.1. The maximum Gasteiger partial charge on any atom is 0.195 e. The number of benzene rings is 1. The third kappa shape index (κ3) is 2.08. The van der Waals surface area contributed by atoms with E-state index in [9.17, 15) is 9.50 Å². The van der Waals surface area contributed by atoms with Crippen molar-refractivity contribution in [2.24, 2.45) is 0 Å². The van der Waals surface area contributed by atoms with Gasteiger partial charge in [-0.1, -0.05) is 0 Å². The Balaban J connectivity index is 2.69. The van der Waals surface area contributed by atoms with Crippen LogP contribution >= 0.6 is 12.2 Å². The Bertz CT molecular complexity index is 603. The Hall–Kier alpha value is -1.69. The molecule has 2 aromatic rings. The van der Waals surface area contributed by atoms with Crippen LogP contribution in [0.4, 0.5) is 4.39 Å². The summed E-state index contributed by atoms with van der Waals surface area (Å²) in [5, 5.41) is 16.4. The first kappa shape index (κ1) is 11.8. The summed E-state index contributed by atoms with van der Waals surface area (Å²) in [7, 11) is 0. The molecular weight excluding hydrogens is 241 g/mol. The molecule has 0 bridgehead atoms. The zero-order valence-corrected chi connectivity index (χ0v) is 10.3. The van der Waals surface area contributed by atoms with E-state index in [0.29, 0.717) is 16.2 Å². The largest absolute Gasteiger partial charge is 0.507 e. The molecule has 0 saturated heterocycles. The van der Waals surface area contributed by atoms with Crippen LogP contribution in [0.5, 0.6) is 5.75 Å². The second kappa shape index (κ2) is 4.29. The lowest BCUT2D eigenvalue weighted by Crippen LogP contribution is -2.03. The van der Waals surface area contributed by atoms with Crippen LogP contribution in [0.15, 0.2) is 18.2 Å². The van der Waals surface area contributed by atoms with Crippen LogP contribution in [0.1, 0.15) is 19.9 Å². The highest BCUT2D eigenvalue weighted by Gasteiger charge is 2.15. The molecule has 0 atom stereocenters. The lowest BCUT2D eigenvalue weighted by Gasteiger charge is -2.11. The van der Waals surface area contributed by atoms with E-state index in [0.717, 1.165) is 0 Å². The van der Waals surface area contributed by atoms with Crippen molar-refractivity contribution in [1.29, 1.82) is 0 Å². The maximum atomic E-state index is 13.2. The van der Waals surface area contributed by atoms with Crippen LogP contribution in [0.3, 0.4) is 0 Å². The summed E-state index contributed by atoms with van der Waals surface area (Å²) in [5.41, 5.74) is 0.325. The average molecular weight is 253 g/mol. The number of phenols is 1. The predicted octanol–water partition coefficient (Wildman–Crippen LogP) is 3.03. The van der Waals surface area contributed by atoms with Gasteiger partial charge < -0.3 is 5.11 Å². The molecule has 2 rings (SSSR count). The molecule has 0 unspecified atom stereocenters. The minimum atomic E-state index is -0.429. The van der Waals surface area contributed by atoms with Gasteiger partial charge in [0.15, 0.2) is 10.6 Å². The van der Waals surface area contributed by atoms with Crippen molar-refractivity contribution < 1.29 is 9.50 Å². The standard InChI is InChI=1S/C11H12FN3OS/c1-6(2)15-10(13-14-11(15)17)8-5-7(12)3-4-9(8)16/h3-6,16H,1-2H3,(H,14,17). The van der Waals surface area contributed by atoms with E-state index < -0.39 is 5.82 Å². The molecule has 0 fully saturated rings. The molecule has 4 nitrogen and oxygen atoms in total. The monoisotopic (exact) mass is 253 g/mol. The Morgan fingerprint density at radius 3 is 2.82 bits per heavy atom. The molecule has 0 aliphatic rings. The summed E-state index contributed by atoms with van der Waals surface area (Å²) in [6.45, 7) is 3.87. The molecule has 90 valence electrons. The number of nitrogens with zero attached hydrogens (tertiary/aromatic N) is 2. The number of aromatic amines is 1. The van der Waals surface area contributed by atoms with E-state index in [1.165, 1.54) is 18.2 Å². The van der Waals surface area contributed by atoms with Gasteiger partial charge in [0.25, 0.3) is 0 Å². The summed E-state index contributed by atoms with van der Waals surface area (Å²) in [4.78, 5) is 0. The quantitative estimate of drug-likeness (QED) is 0.809. The molecule has 1 heterocycles. The number of phenolic OH excluding ortho intramolecular Hbond substituents is 1. The molecule has 6 heteroatoms. The second-order valence-corrected chi connectivity index (χ2v) is 4.36. The van der Waals surface area contributed by atoms with Gasteiger partial charge in [0.05, 0.1) is 5.56 Å². The van der Waals surface area contributed by atoms with Gasteiger partial charge in [-0.3, -0.25) is 9.67 Å². The van der Waals surface area contributed by atoms with Gasteiger partial charge in [0.2, 0.25) is 0 Å². The average Bonchev–Trinajstić information content (AvgIpc) is 2.64. The minimum absolute atomic E-state index is 0.0256. The van der Waals surface area contributed by atoms with Gasteiger partial charge in [-0.05, 0) is 44.3 Å². The summed E-state index contributed by atoms with van der Waals surface area (Å²) < 4.78 is 15.4. The number of rotatable bonds is 2. The fourth-order valence-corrected chi connectivity index (χ4v) is 2.00. The summed E-state index contributed by atoms with van der Waals surface area (Å²) >= 11 is 5.09. The van der Waals surface area contributed by atoms with Crippen LogP contribution in [-0.4, -0.2) is 19.9 Å². The summed E-state index contributed by atoms with van der Waals surface area (Å²) in [5.74, 6) is -0.0219. The number of halogens is 1. The van der Waals surface area contributed by atoms with E-state index in [2.05, 4.69) is 10.2 Å². The van der Waals surface area contributed by atoms with E-state index in [-0.39, 0.29) is 11.8 Å². The molecule has 1 aromatic heterocycles. The molecule has 0 spiro atoms. The maximum absolute atomic E-state index is 13.2. The van der Waals surface area contributed by atoms with E-state index in [4.69, 9.17) is 12.2 Å². The van der Waals surface area contributed by atoms with Crippen molar-refractivity contribution in [3.05, 3.63) is 28.8 Å². The summed E-state index contributed by atoms with van der Waals surface area (Å²) in [6, 6.07) is 3.80. The van der Waals surface area contributed by atoms with Crippen molar-refractivity contribution in [2.45, 2.75) is 19.9 Å². The number of hydrogen-bond donors (Lipinski definition) is 2. The Morgan fingerprint density at radius 1 is 1.47 bits per heavy atom. The SMILES string of the molecule is CC(C)n1c(-c2cc(F)ccc2O)n[nH]c1=S. The number of H-pyrrole nitrogens is 1. The first-order chi connectivity index (χ1) is 8.00. The first-order valence-corrected chi connectivity index (χ1v) is 5.57. The minimum Gasteiger partial charge on any atom is -0.507 e. The van der Waals surface area contributed by atoms with Gasteiger partial charge in [0, 0.05) is 6.04 Å². The van der Waals surface area contributed by atoms with Crippen molar-refractivity contribution in [3.8, 4) is 17.1 Å². The molecule has 0 aliphatic heterocycles. The van der Waals surface area contributed by atoms with Gasteiger partial charge in [-0.25, -0.2) is 4.39 Å². The van der Waals surface area contributed by atoms with E-state index in [1.807, 2.05) is 13.8 Å². The highest BCUT2D eigenvalue weighted by Crippen LogP contribution is 2.29. The van der Waals surface area contributed by atoms with Crippen molar-refractivity contribution in [1.82, 2.24) is 14.8 Å². The fraction of sp³-hybridized carbons (Fsp3) is 0.273. The fourth-order valence-electron chi connectivity index (χ4n) is 1.66. The highest BCUT2D eigenvalue weighted by molar-refractivity contribution is 7.71. The van der Waals surface area contributed by atoms with Crippen LogP contribution in [0.2, 0.25) is 0 Å². The zero-order valence-electron chi connectivity index (χ0n) is 9.44. The molecule has 0 saturated carbocycles. The van der Waals surface area contributed by atoms with E-state index in [1.54, 1.807) is 4.57 Å². The van der Waals surface area contributed by atoms with Crippen molar-refractivity contribution in [2.75, 3.05) is 0 Å². The van der Waals surface area contributed by atoms with Gasteiger partial charge >= 0.3 is 0 Å². The van der Waals surface area contributed by atoms with Crippen molar-refractivity contribution in [3.63, 3.8) is 0 Å². The van der Waals surface area contributed by atoms with Crippen LogP contribution in [0.25, 0.3) is 11.4 Å². The number of nitrogens with one attached hydrogen (secondary N) is 1. The van der Waals surface area contributed by atoms with Gasteiger partial charge in [0.1, 0.15) is 11.6 Å². The lowest BCUT2D eigenvalue weighted by molar-refractivity contribution is 0.473. The molecule has 17 heavy (non-hydrogen) atoms. The van der Waals surface area contributed by atoms with Gasteiger partial charge in [-0.2, -0.15) is 5.10 Å². The zero-order chi connectivity index (χ0) is 12.6. The normalized spacial score (nSPS) is 11.1. The molecule has 1 aromatic carbocycles. The Kier molecular flexibility index (Phi) is 2.97. The Labute approximate surface area is 103 Å². The topological polar surface area (TPSA) is 53.8 Å². The van der Waals surface area contributed by atoms with Crippen molar-refractivity contribution >= 4 is 12.2 Å². The number of aromatic hydroxyl groups is 1. The molecule has 0 radical (unpaired) electrons. The van der Waals surface area contributed by atoms with Crippen LogP contribution in [-0.2, 0) is 0 Å². The molecular formula is C11H12FN3OS. The summed E-state index contributed by atoms with van der Waals surface area (Å²) in [6.07, 6.45) is 0. The molecule has 0 aliphatic carbocycles. The smallest absolute Gasteiger partial charge is 0.195 e. The van der Waals surface area contributed by atoms with Crippen LogP contribution < -0.4 is 0 Å². The first-order valence-electron chi connectivity index (χ1n) is 5.16. The molecule has 0 amide bonds.